The number of ether oxygens (including phenoxy) is 1. The number of nitrogens with zero attached hydrogens (tertiary/aromatic N) is 1. The van der Waals surface area contributed by atoms with E-state index >= 15 is 0 Å². The SMILES string of the molecule is COc1ccccc1N1CCNC1. The second-order valence-electron chi connectivity index (χ2n) is 3.09. The minimum atomic E-state index is 0.917. The lowest BCUT2D eigenvalue weighted by molar-refractivity contribution is 0.415. The molecule has 3 nitrogen and oxygen atoms in total. The van der Waals surface area contributed by atoms with Crippen molar-refractivity contribution in [2.75, 3.05) is 31.8 Å². The molecule has 0 atom stereocenters. The fraction of sp³-hybridized carbons (Fsp3) is 0.400. The van der Waals surface area contributed by atoms with Crippen LogP contribution in [-0.2, 0) is 0 Å². The van der Waals surface area contributed by atoms with E-state index in [4.69, 9.17) is 4.74 Å². The molecule has 1 aliphatic rings. The fourth-order valence-corrected chi connectivity index (χ4v) is 1.60. The largest absolute Gasteiger partial charge is 0.495 e. The first-order chi connectivity index (χ1) is 6.42. The summed E-state index contributed by atoms with van der Waals surface area (Å²) in [6.07, 6.45) is 0. The van der Waals surface area contributed by atoms with Gasteiger partial charge in [-0.15, -0.1) is 0 Å². The predicted octanol–water partition coefficient (Wildman–Crippen LogP) is 1.06. The van der Waals surface area contributed by atoms with E-state index in [1.807, 2.05) is 18.2 Å². The third-order valence-electron chi connectivity index (χ3n) is 2.29. The van der Waals surface area contributed by atoms with E-state index in [1.54, 1.807) is 7.11 Å². The Morgan fingerprint density at radius 3 is 2.92 bits per heavy atom. The van der Waals surface area contributed by atoms with Gasteiger partial charge in [-0.2, -0.15) is 0 Å². The van der Waals surface area contributed by atoms with Crippen LogP contribution < -0.4 is 15.0 Å². The number of anilines is 1. The Labute approximate surface area is 78.3 Å². The Balaban J connectivity index is 2.26. The highest BCUT2D eigenvalue weighted by molar-refractivity contribution is 5.58. The van der Waals surface area contributed by atoms with Crippen LogP contribution in [0.25, 0.3) is 0 Å². The first-order valence-corrected chi connectivity index (χ1v) is 4.50. The molecule has 2 rings (SSSR count). The minimum absolute atomic E-state index is 0.917. The van der Waals surface area contributed by atoms with Gasteiger partial charge in [0.2, 0.25) is 0 Å². The van der Waals surface area contributed by atoms with Crippen LogP contribution in [0.5, 0.6) is 5.75 Å². The van der Waals surface area contributed by atoms with E-state index in [1.165, 1.54) is 5.69 Å². The quantitative estimate of drug-likeness (QED) is 0.733. The maximum Gasteiger partial charge on any atom is 0.142 e. The molecule has 0 aromatic heterocycles. The molecule has 1 aromatic rings. The molecule has 1 fully saturated rings. The highest BCUT2D eigenvalue weighted by Crippen LogP contribution is 2.27. The number of hydrogen-bond donors (Lipinski definition) is 1. The maximum absolute atomic E-state index is 5.29. The van der Waals surface area contributed by atoms with Crippen molar-refractivity contribution in [2.24, 2.45) is 0 Å². The Kier molecular flexibility index (Phi) is 2.36. The van der Waals surface area contributed by atoms with Crippen LogP contribution in [0.3, 0.4) is 0 Å². The van der Waals surface area contributed by atoms with Gasteiger partial charge in [0, 0.05) is 13.1 Å². The molecule has 0 unspecified atom stereocenters. The fourth-order valence-electron chi connectivity index (χ4n) is 1.60. The van der Waals surface area contributed by atoms with Gasteiger partial charge >= 0.3 is 0 Å². The number of rotatable bonds is 2. The molecule has 0 aliphatic carbocycles. The normalized spacial score (nSPS) is 16.2. The first kappa shape index (κ1) is 8.38. The zero-order chi connectivity index (χ0) is 9.10. The summed E-state index contributed by atoms with van der Waals surface area (Å²) in [5.41, 5.74) is 1.18. The van der Waals surface area contributed by atoms with Gasteiger partial charge in [0.25, 0.3) is 0 Å². The molecule has 3 heteroatoms. The van der Waals surface area contributed by atoms with E-state index < -0.39 is 0 Å². The maximum atomic E-state index is 5.29. The molecular weight excluding hydrogens is 164 g/mol. The number of methoxy groups -OCH3 is 1. The topological polar surface area (TPSA) is 24.5 Å². The summed E-state index contributed by atoms with van der Waals surface area (Å²) in [6.45, 7) is 3.03. The monoisotopic (exact) mass is 178 g/mol. The minimum Gasteiger partial charge on any atom is -0.495 e. The standard InChI is InChI=1S/C10H14N2O/c1-13-10-5-3-2-4-9(10)12-7-6-11-8-12/h2-5,11H,6-8H2,1H3. The number of para-hydroxylation sites is 2. The van der Waals surface area contributed by atoms with Gasteiger partial charge < -0.3 is 9.64 Å². The molecule has 0 spiro atoms. The Morgan fingerprint density at radius 1 is 1.38 bits per heavy atom. The summed E-state index contributed by atoms with van der Waals surface area (Å²) in [5, 5.41) is 3.29. The lowest BCUT2D eigenvalue weighted by Crippen LogP contribution is -2.21. The van der Waals surface area contributed by atoms with Crippen molar-refractivity contribution in [1.82, 2.24) is 5.32 Å². The van der Waals surface area contributed by atoms with E-state index in [2.05, 4.69) is 16.3 Å². The Hall–Kier alpha value is -1.22. The van der Waals surface area contributed by atoms with Crippen molar-refractivity contribution >= 4 is 5.69 Å². The zero-order valence-corrected chi connectivity index (χ0v) is 7.79. The van der Waals surface area contributed by atoms with Gasteiger partial charge in [0.1, 0.15) is 5.75 Å². The number of hydrogen-bond acceptors (Lipinski definition) is 3. The third-order valence-corrected chi connectivity index (χ3v) is 2.29. The van der Waals surface area contributed by atoms with E-state index in [9.17, 15) is 0 Å². The predicted molar refractivity (Wildman–Crippen MR) is 53.2 cm³/mol. The summed E-state index contributed by atoms with van der Waals surface area (Å²) in [6, 6.07) is 8.11. The van der Waals surface area contributed by atoms with Crippen molar-refractivity contribution in [3.8, 4) is 5.75 Å². The molecule has 0 amide bonds. The van der Waals surface area contributed by atoms with Gasteiger partial charge in [0.05, 0.1) is 19.5 Å². The van der Waals surface area contributed by atoms with E-state index in [-0.39, 0.29) is 0 Å². The molecule has 13 heavy (non-hydrogen) atoms. The highest BCUT2D eigenvalue weighted by atomic mass is 16.5. The molecule has 1 heterocycles. The average molecular weight is 178 g/mol. The number of nitrogens with one attached hydrogen (secondary N) is 1. The van der Waals surface area contributed by atoms with Crippen LogP contribution in [0.2, 0.25) is 0 Å². The molecule has 1 saturated heterocycles. The number of benzene rings is 1. The average Bonchev–Trinajstić information content (AvgIpc) is 2.70. The third kappa shape index (κ3) is 1.60. The first-order valence-electron chi connectivity index (χ1n) is 4.50. The van der Waals surface area contributed by atoms with Gasteiger partial charge in [0.15, 0.2) is 0 Å². The van der Waals surface area contributed by atoms with Gasteiger partial charge in [-0.05, 0) is 12.1 Å². The van der Waals surface area contributed by atoms with E-state index in [0.29, 0.717) is 0 Å². The van der Waals surface area contributed by atoms with Crippen molar-refractivity contribution in [3.05, 3.63) is 24.3 Å². The lowest BCUT2D eigenvalue weighted by atomic mass is 10.2. The van der Waals surface area contributed by atoms with Crippen LogP contribution in [0, 0.1) is 0 Å². The summed E-state index contributed by atoms with van der Waals surface area (Å²) in [4.78, 5) is 2.28. The van der Waals surface area contributed by atoms with Crippen LogP contribution in [0.4, 0.5) is 5.69 Å². The molecule has 1 N–H and O–H groups in total. The van der Waals surface area contributed by atoms with Crippen LogP contribution in [0.15, 0.2) is 24.3 Å². The molecule has 70 valence electrons. The van der Waals surface area contributed by atoms with Crippen LogP contribution >= 0.6 is 0 Å². The van der Waals surface area contributed by atoms with Crippen molar-refractivity contribution in [3.63, 3.8) is 0 Å². The van der Waals surface area contributed by atoms with Gasteiger partial charge in [-0.25, -0.2) is 0 Å². The Bertz CT molecular complexity index is 282. The van der Waals surface area contributed by atoms with Crippen molar-refractivity contribution in [2.45, 2.75) is 0 Å². The second-order valence-corrected chi connectivity index (χ2v) is 3.09. The summed E-state index contributed by atoms with van der Waals surface area (Å²) in [5.74, 6) is 0.950. The van der Waals surface area contributed by atoms with Gasteiger partial charge in [-0.1, -0.05) is 12.1 Å². The highest BCUT2D eigenvalue weighted by Gasteiger charge is 2.14. The summed E-state index contributed by atoms with van der Waals surface area (Å²) >= 11 is 0. The Morgan fingerprint density at radius 2 is 2.23 bits per heavy atom. The van der Waals surface area contributed by atoms with Crippen molar-refractivity contribution in [1.29, 1.82) is 0 Å². The molecule has 0 radical (unpaired) electrons. The molecule has 1 aliphatic heterocycles. The summed E-state index contributed by atoms with van der Waals surface area (Å²) < 4.78 is 5.29. The van der Waals surface area contributed by atoms with Crippen LogP contribution in [-0.4, -0.2) is 26.9 Å². The smallest absolute Gasteiger partial charge is 0.142 e. The van der Waals surface area contributed by atoms with Crippen molar-refractivity contribution < 1.29 is 4.74 Å². The lowest BCUT2D eigenvalue weighted by Gasteiger charge is -2.19. The molecule has 1 aromatic carbocycles. The van der Waals surface area contributed by atoms with Gasteiger partial charge in [-0.3, -0.25) is 5.32 Å². The van der Waals surface area contributed by atoms with Crippen LogP contribution in [0.1, 0.15) is 0 Å². The molecule has 0 bridgehead atoms. The summed E-state index contributed by atoms with van der Waals surface area (Å²) in [7, 11) is 1.71. The van der Waals surface area contributed by atoms with E-state index in [0.717, 1.165) is 25.5 Å². The second kappa shape index (κ2) is 3.66. The molecule has 0 saturated carbocycles. The molecular formula is C10H14N2O. The zero-order valence-electron chi connectivity index (χ0n) is 7.79.